The van der Waals surface area contributed by atoms with Crippen molar-refractivity contribution in [2.24, 2.45) is 0 Å². The zero-order valence-electron chi connectivity index (χ0n) is 12.0. The third-order valence-corrected chi connectivity index (χ3v) is 3.30. The lowest BCUT2D eigenvalue weighted by Gasteiger charge is -2.35. The maximum absolute atomic E-state index is 5.55. The molecule has 2 heterocycles. The molecule has 0 bridgehead atoms. The van der Waals surface area contributed by atoms with Gasteiger partial charge in [-0.1, -0.05) is 0 Å². The number of nitrogens with one attached hydrogen (secondary N) is 2. The number of ether oxygens (including phenoxy) is 1. The molecule has 3 rings (SSSR count). The number of rotatable bonds is 6. The molecule has 2 aromatic rings. The molecule has 0 aromatic carbocycles. The fraction of sp³-hybridized carbons (Fsp3) is 0.583. The van der Waals surface area contributed by atoms with Crippen molar-refractivity contribution in [2.75, 3.05) is 24.3 Å². The van der Waals surface area contributed by atoms with Gasteiger partial charge in [0.1, 0.15) is 12.7 Å². The van der Waals surface area contributed by atoms with Gasteiger partial charge in [-0.2, -0.15) is 24.7 Å². The first-order chi connectivity index (χ1) is 10.3. The first kappa shape index (κ1) is 13.7. The van der Waals surface area contributed by atoms with Gasteiger partial charge in [-0.05, 0) is 19.8 Å². The lowest BCUT2D eigenvalue weighted by atomic mass is 9.89. The highest BCUT2D eigenvalue weighted by molar-refractivity contribution is 5.38. The molecule has 9 nitrogen and oxygen atoms in total. The molecule has 0 aliphatic heterocycles. The summed E-state index contributed by atoms with van der Waals surface area (Å²) in [6.07, 6.45) is 5.26. The van der Waals surface area contributed by atoms with E-state index >= 15 is 0 Å². The van der Waals surface area contributed by atoms with Gasteiger partial charge in [-0.3, -0.25) is 0 Å². The number of nitrogens with zero attached hydrogens (tertiary/aromatic N) is 6. The molecule has 1 fully saturated rings. The second-order valence-electron chi connectivity index (χ2n) is 4.76. The van der Waals surface area contributed by atoms with E-state index in [-0.39, 0.29) is 0 Å². The van der Waals surface area contributed by atoms with E-state index in [2.05, 4.69) is 35.7 Å². The fourth-order valence-corrected chi connectivity index (χ4v) is 2.19. The maximum atomic E-state index is 5.55. The smallest absolute Gasteiger partial charge is 0.258 e. The molecule has 2 aromatic heterocycles. The minimum Gasteiger partial charge on any atom is -0.378 e. The summed E-state index contributed by atoms with van der Waals surface area (Å²) in [5, 5.41) is 10.2. The topological polar surface area (TPSA) is 103 Å². The van der Waals surface area contributed by atoms with Crippen molar-refractivity contribution >= 4 is 11.9 Å². The van der Waals surface area contributed by atoms with Crippen molar-refractivity contribution in [1.82, 2.24) is 29.7 Å². The Morgan fingerprint density at radius 3 is 2.76 bits per heavy atom. The summed E-state index contributed by atoms with van der Waals surface area (Å²) in [6, 6.07) is 0.331. The maximum Gasteiger partial charge on any atom is 0.258 e. The van der Waals surface area contributed by atoms with E-state index in [1.54, 1.807) is 13.4 Å². The molecular weight excluding hydrogens is 272 g/mol. The summed E-state index contributed by atoms with van der Waals surface area (Å²) < 4.78 is 7.04. The van der Waals surface area contributed by atoms with Crippen LogP contribution in [0.4, 0.5) is 11.9 Å². The normalized spacial score (nSPS) is 20.9. The van der Waals surface area contributed by atoms with Crippen LogP contribution >= 0.6 is 0 Å². The number of anilines is 2. The first-order valence-electron chi connectivity index (χ1n) is 6.95. The van der Waals surface area contributed by atoms with Crippen LogP contribution in [0.15, 0.2) is 12.7 Å². The molecule has 0 amide bonds. The summed E-state index contributed by atoms with van der Waals surface area (Å²) in [6.45, 7) is 2.76. The Kier molecular flexibility index (Phi) is 3.91. The van der Waals surface area contributed by atoms with Gasteiger partial charge in [0.25, 0.3) is 5.95 Å². The van der Waals surface area contributed by atoms with Gasteiger partial charge in [-0.25, -0.2) is 4.98 Å². The lowest BCUT2D eigenvalue weighted by molar-refractivity contribution is 0.00285. The van der Waals surface area contributed by atoms with Crippen LogP contribution in [-0.4, -0.2) is 55.5 Å². The average molecular weight is 290 g/mol. The third-order valence-electron chi connectivity index (χ3n) is 3.30. The van der Waals surface area contributed by atoms with E-state index in [9.17, 15) is 0 Å². The van der Waals surface area contributed by atoms with Gasteiger partial charge in [0.05, 0.1) is 6.10 Å². The van der Waals surface area contributed by atoms with Crippen molar-refractivity contribution in [2.45, 2.75) is 31.9 Å². The minimum atomic E-state index is 0.331. The van der Waals surface area contributed by atoms with Crippen LogP contribution in [0.1, 0.15) is 19.8 Å². The van der Waals surface area contributed by atoms with Crippen LogP contribution < -0.4 is 10.6 Å². The molecule has 1 aliphatic rings. The Morgan fingerprint density at radius 1 is 1.29 bits per heavy atom. The van der Waals surface area contributed by atoms with Crippen molar-refractivity contribution < 1.29 is 4.74 Å². The van der Waals surface area contributed by atoms with Crippen LogP contribution in [-0.2, 0) is 4.74 Å². The van der Waals surface area contributed by atoms with Crippen LogP contribution in [0, 0.1) is 0 Å². The van der Waals surface area contributed by atoms with Crippen molar-refractivity contribution in [1.29, 1.82) is 0 Å². The highest BCUT2D eigenvalue weighted by atomic mass is 16.5. The zero-order chi connectivity index (χ0) is 14.7. The largest absolute Gasteiger partial charge is 0.378 e. The molecule has 9 heteroatoms. The Balaban J connectivity index is 1.72. The van der Waals surface area contributed by atoms with Crippen molar-refractivity contribution in [3.05, 3.63) is 12.7 Å². The molecule has 112 valence electrons. The minimum absolute atomic E-state index is 0.331. The average Bonchev–Trinajstić information content (AvgIpc) is 2.99. The molecule has 2 N–H and O–H groups in total. The molecule has 0 atom stereocenters. The molecular formula is C12H18N8O. The van der Waals surface area contributed by atoms with E-state index in [1.807, 2.05) is 6.92 Å². The van der Waals surface area contributed by atoms with E-state index < -0.39 is 0 Å². The lowest BCUT2D eigenvalue weighted by Crippen LogP contribution is -2.41. The monoisotopic (exact) mass is 290 g/mol. The quantitative estimate of drug-likeness (QED) is 0.791. The zero-order valence-corrected chi connectivity index (χ0v) is 12.0. The summed E-state index contributed by atoms with van der Waals surface area (Å²) in [5.74, 6) is 1.44. The Morgan fingerprint density at radius 2 is 2.10 bits per heavy atom. The number of aromatic nitrogens is 6. The van der Waals surface area contributed by atoms with Gasteiger partial charge < -0.3 is 15.4 Å². The summed E-state index contributed by atoms with van der Waals surface area (Å²) in [7, 11) is 1.76. The molecule has 0 radical (unpaired) electrons. The van der Waals surface area contributed by atoms with E-state index in [4.69, 9.17) is 4.74 Å². The van der Waals surface area contributed by atoms with Gasteiger partial charge in [0.15, 0.2) is 0 Å². The predicted molar refractivity (Wildman–Crippen MR) is 76.3 cm³/mol. The van der Waals surface area contributed by atoms with Gasteiger partial charge in [0.2, 0.25) is 11.9 Å². The molecule has 1 aliphatic carbocycles. The van der Waals surface area contributed by atoms with Crippen LogP contribution in [0.2, 0.25) is 0 Å². The first-order valence-corrected chi connectivity index (χ1v) is 6.95. The van der Waals surface area contributed by atoms with Crippen LogP contribution in [0.5, 0.6) is 0 Å². The Hall–Kier alpha value is -2.29. The van der Waals surface area contributed by atoms with E-state index in [0.717, 1.165) is 19.4 Å². The highest BCUT2D eigenvalue weighted by Gasteiger charge is 2.30. The predicted octanol–water partition coefficient (Wildman–Crippen LogP) is 0.473. The van der Waals surface area contributed by atoms with Gasteiger partial charge >= 0.3 is 0 Å². The standard InChI is InChI=1S/C12H18N8O/c1-3-21-9-4-8(5-9)16-11-17-10(13-2)18-12(19-11)20-7-14-6-15-20/h6-9H,3-5H2,1-2H3,(H2,13,16,17,18,19). The fourth-order valence-electron chi connectivity index (χ4n) is 2.19. The summed E-state index contributed by atoms with van der Waals surface area (Å²) in [5.41, 5.74) is 0. The molecule has 0 saturated heterocycles. The van der Waals surface area contributed by atoms with Crippen molar-refractivity contribution in [3.63, 3.8) is 0 Å². The SMILES string of the molecule is CCOC1CC(Nc2nc(NC)nc(-n3cncn3)n2)C1. The van der Waals surface area contributed by atoms with Gasteiger partial charge in [-0.15, -0.1) is 0 Å². The van der Waals surface area contributed by atoms with Crippen LogP contribution in [0.3, 0.4) is 0 Å². The molecule has 0 unspecified atom stereocenters. The molecule has 0 spiro atoms. The van der Waals surface area contributed by atoms with E-state index in [0.29, 0.717) is 30.0 Å². The third kappa shape index (κ3) is 3.07. The summed E-state index contributed by atoms with van der Waals surface area (Å²) in [4.78, 5) is 16.8. The number of hydrogen-bond acceptors (Lipinski definition) is 8. The highest BCUT2D eigenvalue weighted by Crippen LogP contribution is 2.26. The second kappa shape index (κ2) is 6.00. The van der Waals surface area contributed by atoms with E-state index in [1.165, 1.54) is 11.0 Å². The summed E-state index contributed by atoms with van der Waals surface area (Å²) >= 11 is 0. The Bertz CT molecular complexity index is 581. The molecule has 1 saturated carbocycles. The van der Waals surface area contributed by atoms with Crippen LogP contribution in [0.25, 0.3) is 5.95 Å². The molecule has 21 heavy (non-hydrogen) atoms. The second-order valence-corrected chi connectivity index (χ2v) is 4.76. The number of hydrogen-bond donors (Lipinski definition) is 2. The Labute approximate surface area is 122 Å². The van der Waals surface area contributed by atoms with Crippen molar-refractivity contribution in [3.8, 4) is 5.95 Å². The van der Waals surface area contributed by atoms with Gasteiger partial charge in [0, 0.05) is 19.7 Å².